The number of benzene rings is 3. The molecule has 0 atom stereocenters. The van der Waals surface area contributed by atoms with Crippen molar-refractivity contribution in [3.63, 3.8) is 0 Å². The lowest BCUT2D eigenvalue weighted by atomic mass is 10.0. The van der Waals surface area contributed by atoms with Gasteiger partial charge in [0.05, 0.1) is 32.7 Å². The van der Waals surface area contributed by atoms with Gasteiger partial charge in [0.15, 0.2) is 11.5 Å². The van der Waals surface area contributed by atoms with Gasteiger partial charge in [0, 0.05) is 30.3 Å². The summed E-state index contributed by atoms with van der Waals surface area (Å²) in [6, 6.07) is 14.5. The summed E-state index contributed by atoms with van der Waals surface area (Å²) >= 11 is 26.0. The quantitative estimate of drug-likeness (QED) is 0.104. The maximum Gasteiger partial charge on any atom is 0.299 e. The minimum atomic E-state index is -3.30. The van der Waals surface area contributed by atoms with Crippen molar-refractivity contribution in [3.8, 4) is 0 Å². The molecule has 3 aromatic rings. The van der Waals surface area contributed by atoms with Crippen LogP contribution in [0, 0.1) is 6.92 Å². The number of amides is 1. The molecule has 1 fully saturated rings. The zero-order valence-electron chi connectivity index (χ0n) is 31.7. The second kappa shape index (κ2) is 21.4. The Labute approximate surface area is 341 Å². The Kier molecular flexibility index (Phi) is 17.4. The number of likely N-dealkylation sites (N-methyl/N-ethyl adjacent to an activating group) is 1. The van der Waals surface area contributed by atoms with Crippen LogP contribution >= 0.6 is 46.4 Å². The molecule has 0 unspecified atom stereocenters. The van der Waals surface area contributed by atoms with Crippen molar-refractivity contribution in [2.24, 2.45) is 9.98 Å². The molecule has 1 saturated heterocycles. The maximum atomic E-state index is 14.1. The summed E-state index contributed by atoms with van der Waals surface area (Å²) in [4.78, 5) is 25.8. The van der Waals surface area contributed by atoms with Gasteiger partial charge in [-0.3, -0.25) is 10.2 Å². The molecule has 1 aliphatic heterocycles. The second-order valence-electron chi connectivity index (χ2n) is 13.7. The summed E-state index contributed by atoms with van der Waals surface area (Å²) in [7, 11) is -3.30. The minimum absolute atomic E-state index is 0.0458. The molecule has 294 valence electrons. The fraction of sp³-hybridized carbons (Fsp3) is 0.475. The first-order chi connectivity index (χ1) is 25.8. The average Bonchev–Trinajstić information content (AvgIpc) is 3.40. The molecule has 2 N–H and O–H groups in total. The van der Waals surface area contributed by atoms with Crippen LogP contribution in [-0.4, -0.2) is 51.8 Å². The topological polar surface area (TPSA) is 106 Å². The van der Waals surface area contributed by atoms with Crippen molar-refractivity contribution in [1.82, 2.24) is 10.1 Å². The fourth-order valence-electron chi connectivity index (χ4n) is 6.33. The van der Waals surface area contributed by atoms with Crippen molar-refractivity contribution >= 4 is 96.6 Å². The van der Waals surface area contributed by atoms with E-state index in [-0.39, 0.29) is 33.8 Å². The van der Waals surface area contributed by atoms with Gasteiger partial charge >= 0.3 is 0 Å². The monoisotopic (exact) mass is 836 g/mol. The molecule has 9 nitrogen and oxygen atoms in total. The summed E-state index contributed by atoms with van der Waals surface area (Å²) in [5, 5.41) is 2.33. The number of hydrogen-bond donors (Lipinski definition) is 2. The molecule has 0 saturated carbocycles. The highest BCUT2D eigenvalue weighted by Gasteiger charge is 2.37. The predicted molar refractivity (Wildman–Crippen MR) is 230 cm³/mol. The number of hydrogen-bond acceptors (Lipinski definition) is 6. The third-order valence-corrected chi connectivity index (χ3v) is 11.1. The molecule has 4 rings (SSSR count). The van der Waals surface area contributed by atoms with E-state index in [9.17, 15) is 13.2 Å². The smallest absolute Gasteiger partial charge is 0.299 e. The highest BCUT2D eigenvalue weighted by Crippen LogP contribution is 2.38. The first-order valence-electron chi connectivity index (χ1n) is 18.8. The fourth-order valence-corrected chi connectivity index (χ4v) is 7.94. The standard InChI is InChI=1S/C40H52Cl4N6O3S/c1-5-7-8-9-10-11-12-13-14-15-16-17-29-18-20-32(42)36(25-29)47-39-37(40(51)50(48-39)38-33(43)26-30(41)27-34(38)44)46-35-21-19-31(24-28(35)3)49(6-2)23-22-45-54(4,52)53/h18-21,24-27,45H,5-17,22-23H2,1-4H3,(H,47,48). The van der Waals surface area contributed by atoms with Gasteiger partial charge in [-0.2, -0.15) is 0 Å². The summed E-state index contributed by atoms with van der Waals surface area (Å²) in [6.07, 6.45) is 16.1. The first-order valence-corrected chi connectivity index (χ1v) is 22.2. The Hall–Kier alpha value is -2.86. The predicted octanol–water partition coefficient (Wildman–Crippen LogP) is 11.2. The Morgan fingerprint density at radius 3 is 2.00 bits per heavy atom. The largest absolute Gasteiger partial charge is 0.370 e. The Bertz CT molecular complexity index is 1900. The highest BCUT2D eigenvalue weighted by atomic mass is 35.5. The van der Waals surface area contributed by atoms with E-state index in [0.717, 1.165) is 35.9 Å². The number of nitrogens with zero attached hydrogens (tertiary/aromatic N) is 4. The van der Waals surface area contributed by atoms with E-state index in [0.29, 0.717) is 34.5 Å². The summed E-state index contributed by atoms with van der Waals surface area (Å²) in [6.45, 7) is 7.55. The number of halogens is 4. The third kappa shape index (κ3) is 13.1. The SMILES string of the molecule is CCCCCCCCCCCCCc1ccc(Cl)c(N=C2NN(c3c(Cl)cc(Cl)cc3Cl)C(=O)C2=Nc2ccc(N(CC)CCNS(C)(=O)=O)cc2C)c1. The van der Waals surface area contributed by atoms with Crippen molar-refractivity contribution in [3.05, 3.63) is 79.7 Å². The summed E-state index contributed by atoms with van der Waals surface area (Å²) in [5.41, 5.74) is 7.19. The molecule has 3 aromatic carbocycles. The van der Waals surface area contributed by atoms with Gasteiger partial charge in [0.25, 0.3) is 5.91 Å². The lowest BCUT2D eigenvalue weighted by Crippen LogP contribution is -2.36. The lowest BCUT2D eigenvalue weighted by molar-refractivity contribution is -0.112. The van der Waals surface area contributed by atoms with E-state index < -0.39 is 15.9 Å². The van der Waals surface area contributed by atoms with Crippen LogP contribution in [0.4, 0.5) is 22.7 Å². The molecular weight excluding hydrogens is 786 g/mol. The molecule has 0 aromatic heterocycles. The van der Waals surface area contributed by atoms with Gasteiger partial charge < -0.3 is 4.90 Å². The minimum Gasteiger partial charge on any atom is -0.370 e. The van der Waals surface area contributed by atoms with Gasteiger partial charge in [0.2, 0.25) is 10.0 Å². The van der Waals surface area contributed by atoms with Crippen molar-refractivity contribution in [2.75, 3.05) is 35.8 Å². The first kappa shape index (κ1) is 43.9. The number of rotatable bonds is 21. The second-order valence-corrected chi connectivity index (χ2v) is 17.2. The van der Waals surface area contributed by atoms with Crippen LogP contribution in [0.2, 0.25) is 20.1 Å². The Morgan fingerprint density at radius 1 is 0.778 bits per heavy atom. The lowest BCUT2D eigenvalue weighted by Gasteiger charge is -2.23. The zero-order chi connectivity index (χ0) is 39.3. The van der Waals surface area contributed by atoms with E-state index in [1.165, 1.54) is 81.3 Å². The van der Waals surface area contributed by atoms with E-state index in [2.05, 4.69) is 22.0 Å². The van der Waals surface area contributed by atoms with Gasteiger partial charge in [-0.25, -0.2) is 28.1 Å². The molecule has 0 bridgehead atoms. The third-order valence-electron chi connectivity index (χ3n) is 9.27. The molecule has 54 heavy (non-hydrogen) atoms. The maximum absolute atomic E-state index is 14.1. The van der Waals surface area contributed by atoms with Crippen LogP contribution in [0.1, 0.15) is 95.6 Å². The van der Waals surface area contributed by atoms with E-state index in [1.807, 2.05) is 50.2 Å². The molecular formula is C40H52Cl4N6O3S. The van der Waals surface area contributed by atoms with E-state index >= 15 is 0 Å². The number of hydrazine groups is 1. The zero-order valence-corrected chi connectivity index (χ0v) is 35.5. The number of unbranched alkanes of at least 4 members (excludes halogenated alkanes) is 10. The molecule has 1 heterocycles. The van der Waals surface area contributed by atoms with Gasteiger partial charge in [0.1, 0.15) is 5.69 Å². The van der Waals surface area contributed by atoms with Crippen LogP contribution < -0.4 is 20.1 Å². The van der Waals surface area contributed by atoms with Gasteiger partial charge in [-0.15, -0.1) is 0 Å². The van der Waals surface area contributed by atoms with Crippen LogP contribution in [0.3, 0.4) is 0 Å². The number of nitrogens with one attached hydrogen (secondary N) is 2. The molecule has 14 heteroatoms. The molecule has 1 aliphatic rings. The number of aliphatic imine (C=N–C) groups is 2. The van der Waals surface area contributed by atoms with Gasteiger partial charge in [-0.1, -0.05) is 124 Å². The Morgan fingerprint density at radius 2 is 1.41 bits per heavy atom. The summed E-state index contributed by atoms with van der Waals surface area (Å²) in [5.74, 6) is -0.333. The number of aryl methyl sites for hydroxylation is 2. The molecule has 0 radical (unpaired) electrons. The molecule has 1 amide bonds. The van der Waals surface area contributed by atoms with Crippen molar-refractivity contribution in [1.29, 1.82) is 0 Å². The van der Waals surface area contributed by atoms with Crippen LogP contribution in [0.15, 0.2) is 58.5 Å². The normalized spacial score (nSPS) is 14.7. The van der Waals surface area contributed by atoms with Gasteiger partial charge in [-0.05, 0) is 80.3 Å². The van der Waals surface area contributed by atoms with Crippen LogP contribution in [-0.2, 0) is 21.2 Å². The number of sulfonamides is 1. The number of carbonyl (C=O) groups excluding carboxylic acids is 1. The van der Waals surface area contributed by atoms with E-state index in [4.69, 9.17) is 56.4 Å². The number of anilines is 2. The summed E-state index contributed by atoms with van der Waals surface area (Å²) < 4.78 is 25.7. The number of carbonyl (C=O) groups is 1. The molecule has 0 aliphatic carbocycles. The number of amidine groups is 1. The average molecular weight is 839 g/mol. The van der Waals surface area contributed by atoms with Crippen molar-refractivity contribution < 1.29 is 13.2 Å². The van der Waals surface area contributed by atoms with Crippen molar-refractivity contribution in [2.45, 2.75) is 97.8 Å². The highest BCUT2D eigenvalue weighted by molar-refractivity contribution is 7.88. The molecule has 0 spiro atoms. The Balaban J connectivity index is 1.56. The van der Waals surface area contributed by atoms with E-state index in [1.54, 1.807) is 0 Å². The van der Waals surface area contributed by atoms with Crippen LogP contribution in [0.5, 0.6) is 0 Å². The van der Waals surface area contributed by atoms with Crippen LogP contribution in [0.25, 0.3) is 0 Å².